The first-order valence-electron chi connectivity index (χ1n) is 7.43. The molecule has 0 saturated carbocycles. The maximum Gasteiger partial charge on any atom is 0.490 e. The van der Waals surface area contributed by atoms with Gasteiger partial charge in [0.05, 0.1) is 6.61 Å². The average Bonchev–Trinajstić information content (AvgIpc) is 2.85. The van der Waals surface area contributed by atoms with E-state index < -0.39 is 60.3 Å². The number of ether oxygens (including phenoxy) is 1. The number of nitrogens with zero attached hydrogens (tertiary/aromatic N) is 2. The maximum absolute atomic E-state index is 11.9. The Kier molecular flexibility index (Phi) is 7.72. The van der Waals surface area contributed by atoms with Gasteiger partial charge in [0.15, 0.2) is 12.0 Å². The Hall–Kier alpha value is -1.07. The first-order valence-corrected chi connectivity index (χ1v) is 12.0. The lowest BCUT2D eigenvalue weighted by Crippen LogP contribution is -2.36. The molecule has 0 spiro atoms. The summed E-state index contributed by atoms with van der Waals surface area (Å²) in [6, 6.07) is 1.11. The van der Waals surface area contributed by atoms with Gasteiger partial charge in [-0.15, -0.1) is 0 Å². The minimum atomic E-state index is -5.73. The van der Waals surface area contributed by atoms with Crippen LogP contribution in [-0.2, 0) is 31.6 Å². The summed E-state index contributed by atoms with van der Waals surface area (Å²) in [5.41, 5.74) is 0.597. The minimum Gasteiger partial charge on any atom is -0.387 e. The fourth-order valence-corrected chi connectivity index (χ4v) is 5.27. The van der Waals surface area contributed by atoms with E-state index in [2.05, 4.69) is 18.1 Å². The highest BCUT2D eigenvalue weighted by Gasteiger charge is 2.46. The predicted octanol–water partition coefficient (Wildman–Crippen LogP) is -1.99. The van der Waals surface area contributed by atoms with E-state index in [9.17, 15) is 33.6 Å². The van der Waals surface area contributed by atoms with Gasteiger partial charge in [0.2, 0.25) is 0 Å². The van der Waals surface area contributed by atoms with E-state index in [1.807, 2.05) is 0 Å². The van der Waals surface area contributed by atoms with E-state index in [1.54, 1.807) is 5.48 Å². The van der Waals surface area contributed by atoms with E-state index in [1.165, 1.54) is 0 Å². The van der Waals surface area contributed by atoms with E-state index in [-0.39, 0.29) is 5.82 Å². The highest BCUT2D eigenvalue weighted by molar-refractivity contribution is 7.66. The highest BCUT2D eigenvalue weighted by atomic mass is 31.3. The van der Waals surface area contributed by atoms with Crippen molar-refractivity contribution in [2.75, 3.05) is 12.1 Å². The monoisotopic (exact) mass is 499 g/mol. The zero-order chi connectivity index (χ0) is 22.9. The van der Waals surface area contributed by atoms with Crippen molar-refractivity contribution in [2.45, 2.75) is 24.5 Å². The third-order valence-corrected chi connectivity index (χ3v) is 7.18. The molecule has 1 aliphatic heterocycles. The van der Waals surface area contributed by atoms with Gasteiger partial charge in [0.1, 0.15) is 18.3 Å². The molecule has 3 unspecified atom stereocenters. The number of hydrogen-bond acceptors (Lipinski definition) is 13. The molecule has 1 aromatic rings. The molecular formula is C9H16N3O15P3. The Balaban J connectivity index is 2.06. The van der Waals surface area contributed by atoms with Crippen molar-refractivity contribution >= 4 is 29.3 Å². The smallest absolute Gasteiger partial charge is 0.387 e. The van der Waals surface area contributed by atoms with Crippen molar-refractivity contribution in [3.05, 3.63) is 22.7 Å². The van der Waals surface area contributed by atoms with Gasteiger partial charge in [-0.2, -0.15) is 13.6 Å². The van der Waals surface area contributed by atoms with Crippen LogP contribution >= 0.6 is 23.5 Å². The summed E-state index contributed by atoms with van der Waals surface area (Å²) in [5.74, 6) is -0.228. The van der Waals surface area contributed by atoms with Crippen molar-refractivity contribution < 1.29 is 66.6 Å². The number of aliphatic hydroxyl groups is 2. The zero-order valence-electron chi connectivity index (χ0n) is 14.3. The lowest BCUT2D eigenvalue weighted by Gasteiger charge is -2.19. The molecule has 30 heavy (non-hydrogen) atoms. The lowest BCUT2D eigenvalue weighted by atomic mass is 10.1. The molecule has 0 aliphatic carbocycles. The summed E-state index contributed by atoms with van der Waals surface area (Å²) < 4.78 is 50.7. The SMILES string of the molecule is O=c1nc(NO)ccn1C1O[C@H](COP(=O)(O)OP(=O)(O)OP(=O)(O)O)[C@@H](O)[C@H]1O. The number of phosphoric acid groups is 3. The number of nitrogens with one attached hydrogen (secondary N) is 1. The Morgan fingerprint density at radius 1 is 1.10 bits per heavy atom. The molecule has 0 radical (unpaired) electrons. The number of rotatable bonds is 9. The molecule has 172 valence electrons. The molecule has 0 bridgehead atoms. The van der Waals surface area contributed by atoms with Gasteiger partial charge in [-0.25, -0.2) is 18.5 Å². The van der Waals surface area contributed by atoms with Crippen molar-refractivity contribution in [3.63, 3.8) is 0 Å². The fraction of sp³-hybridized carbons (Fsp3) is 0.556. The van der Waals surface area contributed by atoms with E-state index in [0.717, 1.165) is 16.8 Å². The molecular weight excluding hydrogens is 483 g/mol. The van der Waals surface area contributed by atoms with Gasteiger partial charge < -0.3 is 34.5 Å². The molecule has 18 nitrogen and oxygen atoms in total. The van der Waals surface area contributed by atoms with Gasteiger partial charge in [-0.3, -0.25) is 19.8 Å². The fourth-order valence-electron chi connectivity index (χ4n) is 2.24. The average molecular weight is 499 g/mol. The summed E-state index contributed by atoms with van der Waals surface area (Å²) in [4.78, 5) is 50.6. The maximum atomic E-state index is 11.9. The van der Waals surface area contributed by atoms with E-state index in [0.29, 0.717) is 0 Å². The zero-order valence-corrected chi connectivity index (χ0v) is 17.0. The summed E-state index contributed by atoms with van der Waals surface area (Å²) in [6.45, 7) is -1.04. The number of aliphatic hydroxyl groups excluding tert-OH is 2. The third kappa shape index (κ3) is 6.71. The first kappa shape index (κ1) is 25.2. The van der Waals surface area contributed by atoms with Crippen LogP contribution in [0, 0.1) is 0 Å². The molecule has 1 saturated heterocycles. The largest absolute Gasteiger partial charge is 0.490 e. The van der Waals surface area contributed by atoms with Gasteiger partial charge in [0.25, 0.3) is 0 Å². The van der Waals surface area contributed by atoms with E-state index >= 15 is 0 Å². The second kappa shape index (κ2) is 9.20. The molecule has 1 aliphatic rings. The number of anilines is 1. The van der Waals surface area contributed by atoms with Gasteiger partial charge in [-0.05, 0) is 6.07 Å². The Labute approximate surface area is 165 Å². The third-order valence-electron chi connectivity index (χ3n) is 3.37. The molecule has 21 heteroatoms. The molecule has 2 rings (SSSR count). The summed E-state index contributed by atoms with van der Waals surface area (Å²) in [7, 11) is -16.8. The normalized spacial score (nSPS) is 28.6. The van der Waals surface area contributed by atoms with Crippen molar-refractivity contribution in [2.24, 2.45) is 0 Å². The van der Waals surface area contributed by atoms with Crippen molar-refractivity contribution in [1.82, 2.24) is 9.55 Å². The highest BCUT2D eigenvalue weighted by Crippen LogP contribution is 2.66. The minimum absolute atomic E-state index is 0.228. The molecule has 2 heterocycles. The Morgan fingerprint density at radius 2 is 1.73 bits per heavy atom. The first-order chi connectivity index (χ1) is 13.6. The van der Waals surface area contributed by atoms with Gasteiger partial charge >= 0.3 is 29.2 Å². The Morgan fingerprint density at radius 3 is 2.27 bits per heavy atom. The summed E-state index contributed by atoms with van der Waals surface area (Å²) >= 11 is 0. The van der Waals surface area contributed by atoms with E-state index in [4.69, 9.17) is 24.6 Å². The second-order valence-corrected chi connectivity index (χ2v) is 9.97. The molecule has 6 atom stereocenters. The predicted molar refractivity (Wildman–Crippen MR) is 89.6 cm³/mol. The van der Waals surface area contributed by atoms with Gasteiger partial charge in [0, 0.05) is 6.20 Å². The van der Waals surface area contributed by atoms with Crippen molar-refractivity contribution in [3.8, 4) is 0 Å². The standard InChI is InChI=1S/C9H16N3O15P3/c13-6-4(3-24-29(20,21)27-30(22,23)26-28(17,18)19)25-8(7(6)14)12-2-1-5(11-16)10-9(12)15/h1-2,4,6-8,13-14,16H,3H2,(H,20,21)(H,22,23)(H,10,11,15)(H2,17,18,19)/t4-,6-,7-,8?/m1/s1. The van der Waals surface area contributed by atoms with Crippen LogP contribution in [0.3, 0.4) is 0 Å². The van der Waals surface area contributed by atoms with Crippen molar-refractivity contribution in [1.29, 1.82) is 0 Å². The second-order valence-electron chi connectivity index (χ2n) is 5.55. The Bertz CT molecular complexity index is 962. The number of aromatic nitrogens is 2. The van der Waals surface area contributed by atoms with Gasteiger partial charge in [-0.1, -0.05) is 0 Å². The van der Waals surface area contributed by atoms with Crippen LogP contribution in [-0.4, -0.2) is 69.5 Å². The van der Waals surface area contributed by atoms with Crippen LogP contribution in [0.2, 0.25) is 0 Å². The van der Waals surface area contributed by atoms with Crippen LogP contribution < -0.4 is 11.2 Å². The van der Waals surface area contributed by atoms with Crippen LogP contribution in [0.15, 0.2) is 17.1 Å². The quantitative estimate of drug-likeness (QED) is 0.135. The molecule has 0 aromatic carbocycles. The lowest BCUT2D eigenvalue weighted by molar-refractivity contribution is -0.0541. The molecule has 0 amide bonds. The van der Waals surface area contributed by atoms with Crippen LogP contribution in [0.1, 0.15) is 6.23 Å². The molecule has 8 N–H and O–H groups in total. The number of hydrogen-bond donors (Lipinski definition) is 8. The molecule has 1 aromatic heterocycles. The summed E-state index contributed by atoms with van der Waals surface area (Å²) in [6.07, 6.45) is -5.62. The van der Waals surface area contributed by atoms with Crippen LogP contribution in [0.25, 0.3) is 0 Å². The van der Waals surface area contributed by atoms with Crippen LogP contribution in [0.4, 0.5) is 5.82 Å². The summed E-state index contributed by atoms with van der Waals surface area (Å²) in [5, 5.41) is 28.7. The van der Waals surface area contributed by atoms with Crippen LogP contribution in [0.5, 0.6) is 0 Å². The number of phosphoric ester groups is 1. The topological polar surface area (TPSA) is 277 Å². The molecule has 1 fully saturated rings.